The van der Waals surface area contributed by atoms with E-state index in [-0.39, 0.29) is 6.10 Å². The zero-order valence-electron chi connectivity index (χ0n) is 9.98. The van der Waals surface area contributed by atoms with Crippen LogP contribution in [0.2, 0.25) is 0 Å². The van der Waals surface area contributed by atoms with Gasteiger partial charge in [0.15, 0.2) is 0 Å². The molecule has 0 saturated carbocycles. The number of benzene rings is 1. The third kappa shape index (κ3) is 2.06. The Morgan fingerprint density at radius 2 is 2.06 bits per heavy atom. The number of aromatic nitrogens is 4. The molecule has 1 aliphatic rings. The fourth-order valence-corrected chi connectivity index (χ4v) is 2.25. The summed E-state index contributed by atoms with van der Waals surface area (Å²) in [5.41, 5.74) is 0.928. The maximum atomic E-state index is 9.72. The van der Waals surface area contributed by atoms with Crippen LogP contribution in [0.4, 0.5) is 5.95 Å². The summed E-state index contributed by atoms with van der Waals surface area (Å²) in [6.07, 6.45) is 1.52. The molecule has 0 spiro atoms. The van der Waals surface area contributed by atoms with Crippen LogP contribution in [0, 0.1) is 0 Å². The minimum absolute atomic E-state index is 0.292. The smallest absolute Gasteiger partial charge is 0.250 e. The summed E-state index contributed by atoms with van der Waals surface area (Å²) in [6.45, 7) is 1.47. The maximum Gasteiger partial charge on any atom is 0.250 e. The molecule has 18 heavy (non-hydrogen) atoms. The Hall–Kier alpha value is -1.95. The molecule has 1 aliphatic heterocycles. The average molecular weight is 245 g/mol. The van der Waals surface area contributed by atoms with Gasteiger partial charge in [0.1, 0.15) is 0 Å². The van der Waals surface area contributed by atoms with Crippen molar-refractivity contribution >= 4 is 5.95 Å². The van der Waals surface area contributed by atoms with Crippen LogP contribution in [0.5, 0.6) is 0 Å². The van der Waals surface area contributed by atoms with E-state index in [0.29, 0.717) is 12.5 Å². The van der Waals surface area contributed by atoms with Crippen LogP contribution in [-0.4, -0.2) is 44.5 Å². The van der Waals surface area contributed by atoms with E-state index in [4.69, 9.17) is 0 Å². The number of nitrogens with zero attached hydrogens (tertiary/aromatic N) is 5. The predicted octanol–water partition coefficient (Wildman–Crippen LogP) is 0.623. The van der Waals surface area contributed by atoms with Gasteiger partial charge in [0.05, 0.1) is 11.8 Å². The Morgan fingerprint density at radius 1 is 1.22 bits per heavy atom. The molecule has 0 amide bonds. The topological polar surface area (TPSA) is 67.1 Å². The summed E-state index contributed by atoms with van der Waals surface area (Å²) < 4.78 is 1.71. The SMILES string of the molecule is O[C@H]1CCCN(c2nnnn2-c2ccccc2)C1. The second-order valence-electron chi connectivity index (χ2n) is 4.47. The van der Waals surface area contributed by atoms with Gasteiger partial charge in [-0.05, 0) is 35.4 Å². The third-order valence-corrected chi connectivity index (χ3v) is 3.13. The number of β-amino-alcohol motifs (C(OH)–C–C–N with tert-alkyl or cyclic N) is 1. The molecule has 6 nitrogen and oxygen atoms in total. The van der Waals surface area contributed by atoms with Gasteiger partial charge in [0.2, 0.25) is 5.95 Å². The van der Waals surface area contributed by atoms with Crippen molar-refractivity contribution in [2.45, 2.75) is 18.9 Å². The van der Waals surface area contributed by atoms with Crippen molar-refractivity contribution in [2.75, 3.05) is 18.0 Å². The van der Waals surface area contributed by atoms with Crippen molar-refractivity contribution < 1.29 is 5.11 Å². The zero-order valence-corrected chi connectivity index (χ0v) is 9.98. The molecule has 1 aromatic carbocycles. The van der Waals surface area contributed by atoms with E-state index in [1.807, 2.05) is 35.2 Å². The van der Waals surface area contributed by atoms with Crippen LogP contribution < -0.4 is 4.90 Å². The molecule has 0 unspecified atom stereocenters. The molecule has 1 N–H and O–H groups in total. The fourth-order valence-electron chi connectivity index (χ4n) is 2.25. The highest BCUT2D eigenvalue weighted by Crippen LogP contribution is 2.19. The van der Waals surface area contributed by atoms with Gasteiger partial charge >= 0.3 is 0 Å². The van der Waals surface area contributed by atoms with E-state index in [1.165, 1.54) is 0 Å². The lowest BCUT2D eigenvalue weighted by atomic mass is 10.1. The first-order valence-corrected chi connectivity index (χ1v) is 6.11. The van der Waals surface area contributed by atoms with Crippen LogP contribution in [0.15, 0.2) is 30.3 Å². The molecule has 2 aromatic rings. The second kappa shape index (κ2) is 4.73. The van der Waals surface area contributed by atoms with Gasteiger partial charge in [-0.3, -0.25) is 0 Å². The summed E-state index contributed by atoms with van der Waals surface area (Å²) >= 11 is 0. The summed E-state index contributed by atoms with van der Waals surface area (Å²) in [5, 5.41) is 21.5. The summed E-state index contributed by atoms with van der Waals surface area (Å²) in [5.74, 6) is 0.694. The minimum atomic E-state index is -0.292. The van der Waals surface area contributed by atoms with E-state index >= 15 is 0 Å². The van der Waals surface area contributed by atoms with Crippen molar-refractivity contribution in [1.82, 2.24) is 20.2 Å². The predicted molar refractivity (Wildman–Crippen MR) is 66.6 cm³/mol. The quantitative estimate of drug-likeness (QED) is 0.840. The highest BCUT2D eigenvalue weighted by atomic mass is 16.3. The van der Waals surface area contributed by atoms with E-state index < -0.39 is 0 Å². The lowest BCUT2D eigenvalue weighted by Crippen LogP contribution is -2.39. The van der Waals surface area contributed by atoms with Gasteiger partial charge in [0.25, 0.3) is 0 Å². The van der Waals surface area contributed by atoms with Gasteiger partial charge in [-0.15, -0.1) is 0 Å². The molecule has 6 heteroatoms. The lowest BCUT2D eigenvalue weighted by Gasteiger charge is -2.30. The number of piperidine rings is 1. The summed E-state index contributed by atoms with van der Waals surface area (Å²) in [4.78, 5) is 2.03. The van der Waals surface area contributed by atoms with Gasteiger partial charge in [-0.25, -0.2) is 0 Å². The highest BCUT2D eigenvalue weighted by Gasteiger charge is 2.22. The molecule has 1 aromatic heterocycles. The van der Waals surface area contributed by atoms with Crippen LogP contribution in [-0.2, 0) is 0 Å². The molecule has 1 fully saturated rings. The first-order chi connectivity index (χ1) is 8.84. The van der Waals surface area contributed by atoms with Crippen LogP contribution in [0.25, 0.3) is 5.69 Å². The van der Waals surface area contributed by atoms with Crippen molar-refractivity contribution in [3.05, 3.63) is 30.3 Å². The average Bonchev–Trinajstić information content (AvgIpc) is 2.89. The minimum Gasteiger partial charge on any atom is -0.391 e. The number of para-hydroxylation sites is 1. The second-order valence-corrected chi connectivity index (χ2v) is 4.47. The Kier molecular flexibility index (Phi) is 2.93. The molecule has 0 radical (unpaired) electrons. The molecule has 1 saturated heterocycles. The van der Waals surface area contributed by atoms with Crippen molar-refractivity contribution in [1.29, 1.82) is 0 Å². The number of anilines is 1. The van der Waals surface area contributed by atoms with E-state index in [1.54, 1.807) is 4.68 Å². The number of hydrogen-bond acceptors (Lipinski definition) is 5. The molecule has 0 aliphatic carbocycles. The van der Waals surface area contributed by atoms with E-state index in [0.717, 1.165) is 25.1 Å². The lowest BCUT2D eigenvalue weighted by molar-refractivity contribution is 0.153. The molecule has 2 heterocycles. The molecular weight excluding hydrogens is 230 g/mol. The molecule has 1 atom stereocenters. The fraction of sp³-hybridized carbons (Fsp3) is 0.417. The largest absolute Gasteiger partial charge is 0.391 e. The first kappa shape index (κ1) is 11.2. The highest BCUT2D eigenvalue weighted by molar-refractivity contribution is 5.40. The molecule has 0 bridgehead atoms. The van der Waals surface area contributed by atoms with Gasteiger partial charge in [-0.2, -0.15) is 4.68 Å². The number of aliphatic hydroxyl groups excluding tert-OH is 1. The summed E-state index contributed by atoms with van der Waals surface area (Å²) in [7, 11) is 0. The van der Waals surface area contributed by atoms with Crippen molar-refractivity contribution in [3.63, 3.8) is 0 Å². The Labute approximate surface area is 105 Å². The van der Waals surface area contributed by atoms with Gasteiger partial charge in [-0.1, -0.05) is 23.3 Å². The molecule has 94 valence electrons. The maximum absolute atomic E-state index is 9.72. The first-order valence-electron chi connectivity index (χ1n) is 6.11. The van der Waals surface area contributed by atoms with E-state index in [2.05, 4.69) is 15.5 Å². The van der Waals surface area contributed by atoms with E-state index in [9.17, 15) is 5.11 Å². The number of rotatable bonds is 2. The zero-order chi connectivity index (χ0) is 12.4. The number of aliphatic hydroxyl groups is 1. The Bertz CT molecular complexity index is 512. The number of hydrogen-bond donors (Lipinski definition) is 1. The number of tetrazole rings is 1. The van der Waals surface area contributed by atoms with Crippen LogP contribution in [0.3, 0.4) is 0 Å². The third-order valence-electron chi connectivity index (χ3n) is 3.13. The van der Waals surface area contributed by atoms with Crippen LogP contribution in [0.1, 0.15) is 12.8 Å². The van der Waals surface area contributed by atoms with Gasteiger partial charge < -0.3 is 10.0 Å². The monoisotopic (exact) mass is 245 g/mol. The molecule has 3 rings (SSSR count). The van der Waals surface area contributed by atoms with Crippen molar-refractivity contribution in [3.8, 4) is 5.69 Å². The van der Waals surface area contributed by atoms with Crippen LogP contribution >= 0.6 is 0 Å². The van der Waals surface area contributed by atoms with Gasteiger partial charge in [0, 0.05) is 13.1 Å². The standard InChI is InChI=1S/C12H15N5O/c18-11-7-4-8-16(9-11)12-13-14-15-17(12)10-5-2-1-3-6-10/h1-3,5-6,11,18H,4,7-9H2/t11-/m0/s1. The van der Waals surface area contributed by atoms with Crippen molar-refractivity contribution in [2.24, 2.45) is 0 Å². The normalized spacial score (nSPS) is 20.1. The Balaban J connectivity index is 1.92. The summed E-state index contributed by atoms with van der Waals surface area (Å²) in [6, 6.07) is 9.77. The Morgan fingerprint density at radius 3 is 2.83 bits per heavy atom. The molecular formula is C12H15N5O.